The van der Waals surface area contributed by atoms with Crippen LogP contribution in [0.25, 0.3) is 0 Å². The lowest BCUT2D eigenvalue weighted by Crippen LogP contribution is -2.08. The number of benzene rings is 1. The van der Waals surface area contributed by atoms with Crippen LogP contribution in [0.1, 0.15) is 22.8 Å². The first kappa shape index (κ1) is 10.2. The van der Waals surface area contributed by atoms with E-state index < -0.39 is 0 Å². The summed E-state index contributed by atoms with van der Waals surface area (Å²) < 4.78 is 5.17. The Kier molecular flexibility index (Phi) is 3.46. The van der Waals surface area contributed by atoms with Crippen molar-refractivity contribution in [1.29, 1.82) is 0 Å². The molecule has 0 aromatic heterocycles. The van der Waals surface area contributed by atoms with E-state index in [1.54, 1.807) is 7.11 Å². The van der Waals surface area contributed by atoms with Crippen LogP contribution in [0, 0.1) is 13.8 Å². The van der Waals surface area contributed by atoms with E-state index in [4.69, 9.17) is 9.84 Å². The lowest BCUT2D eigenvalue weighted by molar-refractivity contribution is 0.0479. The van der Waals surface area contributed by atoms with Gasteiger partial charge in [0, 0.05) is 7.11 Å². The predicted octanol–water partition coefficient (Wildman–Crippen LogP) is 1.98. The maximum atomic E-state index is 9.07. The summed E-state index contributed by atoms with van der Waals surface area (Å²) in [5, 5.41) is 9.07. The van der Waals surface area contributed by atoms with Crippen LogP contribution in [0.5, 0.6) is 0 Å². The molecule has 0 saturated heterocycles. The lowest BCUT2D eigenvalue weighted by Gasteiger charge is -2.15. The first-order valence-corrected chi connectivity index (χ1v) is 4.40. The summed E-state index contributed by atoms with van der Waals surface area (Å²) in [6, 6.07) is 6.16. The Morgan fingerprint density at radius 3 is 2.62 bits per heavy atom. The van der Waals surface area contributed by atoms with E-state index in [0.29, 0.717) is 0 Å². The number of methoxy groups -OCH3 is 1. The van der Waals surface area contributed by atoms with Crippen molar-refractivity contribution < 1.29 is 9.84 Å². The van der Waals surface area contributed by atoms with Crippen molar-refractivity contribution in [1.82, 2.24) is 0 Å². The SMILES string of the molecule is COC(CO)c1cc(C)ccc1C. The third kappa shape index (κ3) is 2.29. The molecule has 1 aromatic carbocycles. The van der Waals surface area contributed by atoms with Crippen LogP contribution < -0.4 is 0 Å². The van der Waals surface area contributed by atoms with Crippen molar-refractivity contribution in [2.45, 2.75) is 20.0 Å². The van der Waals surface area contributed by atoms with Gasteiger partial charge in [0.1, 0.15) is 6.10 Å². The zero-order valence-corrected chi connectivity index (χ0v) is 8.37. The summed E-state index contributed by atoms with van der Waals surface area (Å²) >= 11 is 0. The van der Waals surface area contributed by atoms with Crippen LogP contribution in [0.15, 0.2) is 18.2 Å². The Balaban J connectivity index is 3.03. The zero-order chi connectivity index (χ0) is 9.84. The topological polar surface area (TPSA) is 29.5 Å². The molecule has 0 saturated carbocycles. The van der Waals surface area contributed by atoms with E-state index in [9.17, 15) is 0 Å². The second kappa shape index (κ2) is 4.40. The van der Waals surface area contributed by atoms with Crippen molar-refractivity contribution >= 4 is 0 Å². The van der Waals surface area contributed by atoms with Gasteiger partial charge in [-0.15, -0.1) is 0 Å². The maximum Gasteiger partial charge on any atom is 0.105 e. The molecule has 1 N–H and O–H groups in total. The molecule has 2 heteroatoms. The molecule has 0 aliphatic heterocycles. The van der Waals surface area contributed by atoms with Gasteiger partial charge >= 0.3 is 0 Å². The van der Waals surface area contributed by atoms with Crippen molar-refractivity contribution in [3.8, 4) is 0 Å². The average Bonchev–Trinajstić information content (AvgIpc) is 2.13. The fourth-order valence-electron chi connectivity index (χ4n) is 1.41. The van der Waals surface area contributed by atoms with Crippen LogP contribution in [0.2, 0.25) is 0 Å². The lowest BCUT2D eigenvalue weighted by atomic mass is 10.0. The second-order valence-corrected chi connectivity index (χ2v) is 3.27. The van der Waals surface area contributed by atoms with Crippen LogP contribution in [-0.2, 0) is 4.74 Å². The minimum Gasteiger partial charge on any atom is -0.393 e. The summed E-state index contributed by atoms with van der Waals surface area (Å²) in [4.78, 5) is 0. The van der Waals surface area contributed by atoms with E-state index in [0.717, 1.165) is 11.1 Å². The molecule has 1 rings (SSSR count). The van der Waals surface area contributed by atoms with Crippen LogP contribution in [0.3, 0.4) is 0 Å². The third-order valence-electron chi connectivity index (χ3n) is 2.23. The smallest absolute Gasteiger partial charge is 0.105 e. The molecule has 2 nitrogen and oxygen atoms in total. The fourth-order valence-corrected chi connectivity index (χ4v) is 1.41. The molecule has 72 valence electrons. The summed E-state index contributed by atoms with van der Waals surface area (Å²) in [7, 11) is 1.61. The fraction of sp³-hybridized carbons (Fsp3) is 0.455. The average molecular weight is 180 g/mol. The van der Waals surface area contributed by atoms with Gasteiger partial charge in [-0.1, -0.05) is 23.8 Å². The highest BCUT2D eigenvalue weighted by atomic mass is 16.5. The van der Waals surface area contributed by atoms with Gasteiger partial charge in [-0.2, -0.15) is 0 Å². The number of aliphatic hydroxyl groups is 1. The molecule has 0 bridgehead atoms. The highest BCUT2D eigenvalue weighted by Crippen LogP contribution is 2.21. The molecule has 0 spiro atoms. The minimum absolute atomic E-state index is 0.0286. The standard InChI is InChI=1S/C11H16O2/c1-8-4-5-9(2)10(6-8)11(7-12)13-3/h4-6,11-12H,7H2,1-3H3. The van der Waals surface area contributed by atoms with Gasteiger partial charge < -0.3 is 9.84 Å². The first-order valence-electron chi connectivity index (χ1n) is 4.40. The number of ether oxygens (including phenoxy) is 1. The number of hydrogen-bond donors (Lipinski definition) is 1. The highest BCUT2D eigenvalue weighted by molar-refractivity contribution is 5.32. The molecule has 0 radical (unpaired) electrons. The molecular weight excluding hydrogens is 164 g/mol. The Bertz CT molecular complexity index is 277. The van der Waals surface area contributed by atoms with Crippen LogP contribution in [0.4, 0.5) is 0 Å². The maximum absolute atomic E-state index is 9.07. The summed E-state index contributed by atoms with van der Waals surface area (Å²) in [5.41, 5.74) is 3.42. The second-order valence-electron chi connectivity index (χ2n) is 3.27. The highest BCUT2D eigenvalue weighted by Gasteiger charge is 2.11. The van der Waals surface area contributed by atoms with E-state index in [-0.39, 0.29) is 12.7 Å². The first-order chi connectivity index (χ1) is 6.19. The Morgan fingerprint density at radius 1 is 1.38 bits per heavy atom. The molecule has 1 unspecified atom stereocenters. The zero-order valence-electron chi connectivity index (χ0n) is 8.37. The Hall–Kier alpha value is -0.860. The predicted molar refractivity (Wildman–Crippen MR) is 52.8 cm³/mol. The third-order valence-corrected chi connectivity index (χ3v) is 2.23. The summed E-state index contributed by atoms with van der Waals surface area (Å²) in [6.07, 6.45) is -0.195. The molecule has 0 aliphatic rings. The number of hydrogen-bond acceptors (Lipinski definition) is 2. The molecule has 0 aliphatic carbocycles. The van der Waals surface area contributed by atoms with Gasteiger partial charge in [0.05, 0.1) is 6.61 Å². The number of aliphatic hydroxyl groups excluding tert-OH is 1. The molecule has 0 heterocycles. The quantitative estimate of drug-likeness (QED) is 0.770. The van der Waals surface area contributed by atoms with Crippen LogP contribution >= 0.6 is 0 Å². The van der Waals surface area contributed by atoms with Crippen molar-refractivity contribution in [2.24, 2.45) is 0 Å². The van der Waals surface area contributed by atoms with E-state index >= 15 is 0 Å². The van der Waals surface area contributed by atoms with Gasteiger partial charge in [-0.25, -0.2) is 0 Å². The largest absolute Gasteiger partial charge is 0.393 e. The molecular formula is C11H16O2. The van der Waals surface area contributed by atoms with Gasteiger partial charge in [0.15, 0.2) is 0 Å². The summed E-state index contributed by atoms with van der Waals surface area (Å²) in [6.45, 7) is 4.09. The number of rotatable bonds is 3. The van der Waals surface area contributed by atoms with E-state index in [1.165, 1.54) is 5.56 Å². The molecule has 0 fully saturated rings. The van der Waals surface area contributed by atoms with Gasteiger partial charge in [-0.05, 0) is 25.0 Å². The monoisotopic (exact) mass is 180 g/mol. The van der Waals surface area contributed by atoms with Crippen molar-refractivity contribution in [3.63, 3.8) is 0 Å². The number of aryl methyl sites for hydroxylation is 2. The molecule has 1 aromatic rings. The summed E-state index contributed by atoms with van der Waals surface area (Å²) in [5.74, 6) is 0. The Morgan fingerprint density at radius 2 is 2.08 bits per heavy atom. The van der Waals surface area contributed by atoms with Gasteiger partial charge in [0.25, 0.3) is 0 Å². The van der Waals surface area contributed by atoms with Gasteiger partial charge in [0.2, 0.25) is 0 Å². The Labute approximate surface area is 79.2 Å². The van der Waals surface area contributed by atoms with Crippen LogP contribution in [-0.4, -0.2) is 18.8 Å². The molecule has 13 heavy (non-hydrogen) atoms. The molecule has 1 atom stereocenters. The normalized spacial score (nSPS) is 12.9. The van der Waals surface area contributed by atoms with E-state index in [1.807, 2.05) is 19.9 Å². The molecule has 0 amide bonds. The van der Waals surface area contributed by atoms with E-state index in [2.05, 4.69) is 12.1 Å². The van der Waals surface area contributed by atoms with Crippen molar-refractivity contribution in [3.05, 3.63) is 34.9 Å². The minimum atomic E-state index is -0.195. The van der Waals surface area contributed by atoms with Gasteiger partial charge in [-0.3, -0.25) is 0 Å². The van der Waals surface area contributed by atoms with Crippen molar-refractivity contribution in [2.75, 3.05) is 13.7 Å².